The number of esters is 1. The van der Waals surface area contributed by atoms with E-state index in [0.29, 0.717) is 10.6 Å². The molecule has 6 heteroatoms. The molecule has 1 aromatic rings. The Balaban J connectivity index is 2.48. The maximum atomic E-state index is 11.9. The van der Waals surface area contributed by atoms with Gasteiger partial charge in [0.2, 0.25) is 0 Å². The fourth-order valence-electron chi connectivity index (χ4n) is 1.37. The van der Waals surface area contributed by atoms with Gasteiger partial charge in [-0.2, -0.15) is 0 Å². The van der Waals surface area contributed by atoms with Crippen LogP contribution in [0.3, 0.4) is 0 Å². The Morgan fingerprint density at radius 2 is 2.11 bits per heavy atom. The standard InChI is InChI=1S/C13H15BrClNO3/c1-8(2)19-12(17)5-6-16-13(18)10-7-9(14)3-4-11(10)15/h3-4,7-8H,5-6H2,1-2H3,(H,16,18). The van der Waals surface area contributed by atoms with Gasteiger partial charge >= 0.3 is 5.97 Å². The van der Waals surface area contributed by atoms with E-state index in [4.69, 9.17) is 16.3 Å². The summed E-state index contributed by atoms with van der Waals surface area (Å²) < 4.78 is 5.72. The number of nitrogens with one attached hydrogen (secondary N) is 1. The monoisotopic (exact) mass is 347 g/mol. The van der Waals surface area contributed by atoms with Crippen LogP contribution in [0.25, 0.3) is 0 Å². The number of ether oxygens (including phenoxy) is 1. The van der Waals surface area contributed by atoms with Crippen LogP contribution in [0.5, 0.6) is 0 Å². The summed E-state index contributed by atoms with van der Waals surface area (Å²) in [7, 11) is 0. The Morgan fingerprint density at radius 3 is 2.74 bits per heavy atom. The van der Waals surface area contributed by atoms with Crippen LogP contribution in [-0.4, -0.2) is 24.5 Å². The molecule has 0 atom stereocenters. The third kappa shape index (κ3) is 5.61. The van der Waals surface area contributed by atoms with Crippen molar-refractivity contribution >= 4 is 39.4 Å². The fraction of sp³-hybridized carbons (Fsp3) is 0.385. The van der Waals surface area contributed by atoms with Crippen molar-refractivity contribution in [1.29, 1.82) is 0 Å². The van der Waals surface area contributed by atoms with Gasteiger partial charge in [-0.15, -0.1) is 0 Å². The summed E-state index contributed by atoms with van der Waals surface area (Å²) in [5.41, 5.74) is 0.369. The topological polar surface area (TPSA) is 55.4 Å². The number of rotatable bonds is 5. The summed E-state index contributed by atoms with van der Waals surface area (Å²) in [4.78, 5) is 23.1. The molecule has 4 nitrogen and oxygen atoms in total. The second-order valence-electron chi connectivity index (χ2n) is 4.17. The predicted molar refractivity (Wildman–Crippen MR) is 77.3 cm³/mol. The van der Waals surface area contributed by atoms with Crippen LogP contribution in [0.4, 0.5) is 0 Å². The summed E-state index contributed by atoms with van der Waals surface area (Å²) in [6.07, 6.45) is -0.0158. The fourth-order valence-corrected chi connectivity index (χ4v) is 1.93. The Morgan fingerprint density at radius 1 is 1.42 bits per heavy atom. The van der Waals surface area contributed by atoms with Crippen molar-refractivity contribution in [2.75, 3.05) is 6.54 Å². The largest absolute Gasteiger partial charge is 0.463 e. The normalized spacial score (nSPS) is 10.4. The minimum Gasteiger partial charge on any atom is -0.463 e. The first-order chi connectivity index (χ1) is 8.90. The van der Waals surface area contributed by atoms with E-state index in [-0.39, 0.29) is 30.9 Å². The zero-order valence-electron chi connectivity index (χ0n) is 10.7. The third-order valence-corrected chi connectivity index (χ3v) is 2.98. The van der Waals surface area contributed by atoms with Crippen molar-refractivity contribution in [2.45, 2.75) is 26.4 Å². The van der Waals surface area contributed by atoms with Gasteiger partial charge in [0.15, 0.2) is 0 Å². The summed E-state index contributed by atoms with van der Waals surface area (Å²) in [6, 6.07) is 5.01. The smallest absolute Gasteiger partial charge is 0.307 e. The van der Waals surface area contributed by atoms with Crippen molar-refractivity contribution in [2.24, 2.45) is 0 Å². The predicted octanol–water partition coefficient (Wildman–Crippen LogP) is 3.17. The third-order valence-electron chi connectivity index (χ3n) is 2.15. The van der Waals surface area contributed by atoms with Crippen molar-refractivity contribution < 1.29 is 14.3 Å². The number of carbonyl (C=O) groups is 2. The van der Waals surface area contributed by atoms with E-state index in [1.807, 2.05) is 0 Å². The first-order valence-corrected chi connectivity index (χ1v) is 7.00. The number of halogens is 2. The maximum Gasteiger partial charge on any atom is 0.307 e. The molecule has 1 amide bonds. The lowest BCUT2D eigenvalue weighted by Gasteiger charge is -2.09. The molecule has 0 fully saturated rings. The van der Waals surface area contributed by atoms with E-state index in [0.717, 1.165) is 4.47 Å². The summed E-state index contributed by atoms with van der Waals surface area (Å²) in [6.45, 7) is 3.77. The summed E-state index contributed by atoms with van der Waals surface area (Å²) in [5, 5.41) is 2.99. The SMILES string of the molecule is CC(C)OC(=O)CCNC(=O)c1cc(Br)ccc1Cl. The van der Waals surface area contributed by atoms with E-state index in [1.54, 1.807) is 32.0 Å². The molecule has 0 unspecified atom stereocenters. The van der Waals surface area contributed by atoms with Gasteiger partial charge in [-0.1, -0.05) is 27.5 Å². The molecule has 1 rings (SSSR count). The number of carbonyl (C=O) groups excluding carboxylic acids is 2. The van der Waals surface area contributed by atoms with Gasteiger partial charge in [0.1, 0.15) is 0 Å². The maximum absolute atomic E-state index is 11.9. The Kier molecular flexibility index (Phi) is 6.31. The van der Waals surface area contributed by atoms with E-state index >= 15 is 0 Å². The Labute approximate surface area is 125 Å². The molecule has 0 aromatic heterocycles. The molecule has 0 aliphatic rings. The van der Waals surface area contributed by atoms with Crippen LogP contribution < -0.4 is 5.32 Å². The van der Waals surface area contributed by atoms with Gasteiger partial charge < -0.3 is 10.1 Å². The Bertz CT molecular complexity index is 477. The van der Waals surface area contributed by atoms with Gasteiger partial charge in [-0.25, -0.2) is 0 Å². The average Bonchev–Trinajstić information content (AvgIpc) is 2.31. The zero-order chi connectivity index (χ0) is 14.4. The van der Waals surface area contributed by atoms with Gasteiger partial charge in [-0.3, -0.25) is 9.59 Å². The molecule has 0 aliphatic carbocycles. The molecule has 19 heavy (non-hydrogen) atoms. The van der Waals surface area contributed by atoms with Gasteiger partial charge in [0, 0.05) is 11.0 Å². The van der Waals surface area contributed by atoms with Crippen LogP contribution in [0.15, 0.2) is 22.7 Å². The lowest BCUT2D eigenvalue weighted by molar-refractivity contribution is -0.147. The van der Waals surface area contributed by atoms with Crippen LogP contribution in [0.1, 0.15) is 30.6 Å². The molecular formula is C13H15BrClNO3. The molecule has 0 spiro atoms. The highest BCUT2D eigenvalue weighted by Crippen LogP contribution is 2.20. The molecule has 0 aliphatic heterocycles. The lowest BCUT2D eigenvalue weighted by atomic mass is 10.2. The summed E-state index contributed by atoms with van der Waals surface area (Å²) >= 11 is 9.20. The highest BCUT2D eigenvalue weighted by Gasteiger charge is 2.11. The molecule has 104 valence electrons. The number of benzene rings is 1. The molecule has 0 bridgehead atoms. The van der Waals surface area contributed by atoms with Gasteiger partial charge in [0.25, 0.3) is 5.91 Å². The summed E-state index contributed by atoms with van der Waals surface area (Å²) in [5.74, 6) is -0.653. The first kappa shape index (κ1) is 16.0. The quantitative estimate of drug-likeness (QED) is 0.832. The van der Waals surface area contributed by atoms with Crippen molar-refractivity contribution in [1.82, 2.24) is 5.32 Å². The van der Waals surface area contributed by atoms with E-state index in [2.05, 4.69) is 21.2 Å². The van der Waals surface area contributed by atoms with Crippen LogP contribution >= 0.6 is 27.5 Å². The molecule has 1 N–H and O–H groups in total. The molecule has 0 heterocycles. The minimum atomic E-state index is -0.337. The number of hydrogen-bond donors (Lipinski definition) is 1. The minimum absolute atomic E-state index is 0.134. The van der Waals surface area contributed by atoms with Crippen molar-refractivity contribution in [3.8, 4) is 0 Å². The van der Waals surface area contributed by atoms with Gasteiger partial charge in [0.05, 0.1) is 23.1 Å². The zero-order valence-corrected chi connectivity index (χ0v) is 13.0. The van der Waals surface area contributed by atoms with E-state index < -0.39 is 0 Å². The Hall–Kier alpha value is -1.07. The molecular weight excluding hydrogens is 334 g/mol. The van der Waals surface area contributed by atoms with Crippen LogP contribution in [0.2, 0.25) is 5.02 Å². The number of hydrogen-bond acceptors (Lipinski definition) is 3. The molecule has 0 radical (unpaired) electrons. The van der Waals surface area contributed by atoms with Crippen LogP contribution in [0, 0.1) is 0 Å². The molecule has 1 aromatic carbocycles. The van der Waals surface area contributed by atoms with Gasteiger partial charge in [-0.05, 0) is 32.0 Å². The van der Waals surface area contributed by atoms with Crippen LogP contribution in [-0.2, 0) is 9.53 Å². The second kappa shape index (κ2) is 7.50. The highest BCUT2D eigenvalue weighted by atomic mass is 79.9. The number of amides is 1. The highest BCUT2D eigenvalue weighted by molar-refractivity contribution is 9.10. The van der Waals surface area contributed by atoms with E-state index in [1.165, 1.54) is 0 Å². The molecule has 0 saturated carbocycles. The second-order valence-corrected chi connectivity index (χ2v) is 5.49. The first-order valence-electron chi connectivity index (χ1n) is 5.83. The molecule has 0 saturated heterocycles. The lowest BCUT2D eigenvalue weighted by Crippen LogP contribution is -2.27. The van der Waals surface area contributed by atoms with E-state index in [9.17, 15) is 9.59 Å². The van der Waals surface area contributed by atoms with Crippen molar-refractivity contribution in [3.05, 3.63) is 33.3 Å². The van der Waals surface area contributed by atoms with Crippen molar-refractivity contribution in [3.63, 3.8) is 0 Å². The average molecular weight is 349 g/mol.